The van der Waals surface area contributed by atoms with Crippen LogP contribution in [0.15, 0.2) is 23.3 Å². The van der Waals surface area contributed by atoms with E-state index < -0.39 is 0 Å². The fourth-order valence-electron chi connectivity index (χ4n) is 1.80. The largest absolute Gasteiger partial charge is 0.497 e. The molecule has 0 bridgehead atoms. The van der Waals surface area contributed by atoms with Crippen LogP contribution in [0, 0.1) is 0 Å². The minimum Gasteiger partial charge on any atom is -0.497 e. The molecule has 0 saturated carbocycles. The van der Waals surface area contributed by atoms with Gasteiger partial charge in [0.1, 0.15) is 17.2 Å². The van der Waals surface area contributed by atoms with E-state index >= 15 is 0 Å². The lowest BCUT2D eigenvalue weighted by molar-refractivity contribution is -0.115. The van der Waals surface area contributed by atoms with Crippen LogP contribution in [0.2, 0.25) is 0 Å². The van der Waals surface area contributed by atoms with E-state index in [1.807, 2.05) is 0 Å². The predicted octanol–water partition coefficient (Wildman–Crippen LogP) is 1.38. The van der Waals surface area contributed by atoms with E-state index in [9.17, 15) is 4.79 Å². The maximum Gasteiger partial charge on any atom is 0.267 e. The Morgan fingerprint density at radius 1 is 1.32 bits per heavy atom. The molecule has 1 aromatic rings. The molecule has 2 N–H and O–H groups in total. The van der Waals surface area contributed by atoms with Crippen molar-refractivity contribution in [1.29, 1.82) is 0 Å². The second-order valence-corrected chi connectivity index (χ2v) is 4.10. The molecule has 0 aromatic heterocycles. The molecule has 1 heterocycles. The summed E-state index contributed by atoms with van der Waals surface area (Å²) in [4.78, 5) is 11.5. The van der Waals surface area contributed by atoms with Gasteiger partial charge in [-0.05, 0) is 25.0 Å². The molecule has 0 unspecified atom stereocenters. The van der Waals surface area contributed by atoms with Crippen LogP contribution in [-0.4, -0.2) is 32.4 Å². The number of hydrogen-bond acceptors (Lipinski definition) is 5. The first kappa shape index (κ1) is 13.2. The van der Waals surface area contributed by atoms with Gasteiger partial charge in [-0.2, -0.15) is 5.10 Å². The number of benzene rings is 1. The molecule has 1 amide bonds. The van der Waals surface area contributed by atoms with Crippen LogP contribution in [-0.2, 0) is 4.79 Å². The highest BCUT2D eigenvalue weighted by Crippen LogP contribution is 2.29. The van der Waals surface area contributed by atoms with Crippen LogP contribution in [0.5, 0.6) is 11.5 Å². The van der Waals surface area contributed by atoms with Crippen LogP contribution in [0.1, 0.15) is 12.8 Å². The second-order valence-electron chi connectivity index (χ2n) is 4.10. The maximum atomic E-state index is 11.5. The van der Waals surface area contributed by atoms with Gasteiger partial charge in [-0.25, -0.2) is 0 Å². The number of hydrazone groups is 1. The Hall–Kier alpha value is -2.24. The number of nitrogens with one attached hydrogen (secondary N) is 2. The number of anilines is 1. The van der Waals surface area contributed by atoms with E-state index in [0.29, 0.717) is 35.9 Å². The van der Waals surface area contributed by atoms with Crippen molar-refractivity contribution < 1.29 is 14.3 Å². The first-order valence-electron chi connectivity index (χ1n) is 6.07. The third kappa shape index (κ3) is 3.15. The molecule has 1 saturated heterocycles. The Kier molecular flexibility index (Phi) is 4.22. The average Bonchev–Trinajstić information content (AvgIpc) is 2.46. The number of nitrogens with zero attached hydrogens (tertiary/aromatic N) is 1. The summed E-state index contributed by atoms with van der Waals surface area (Å²) in [5, 5.41) is 6.89. The number of piperidine rings is 1. The highest BCUT2D eigenvalue weighted by atomic mass is 16.5. The molecule has 2 rings (SSSR count). The van der Waals surface area contributed by atoms with Gasteiger partial charge in [0.25, 0.3) is 5.91 Å². The van der Waals surface area contributed by atoms with Crippen molar-refractivity contribution in [3.8, 4) is 11.5 Å². The first-order chi connectivity index (χ1) is 9.24. The van der Waals surface area contributed by atoms with Crippen LogP contribution in [0.4, 0.5) is 5.69 Å². The van der Waals surface area contributed by atoms with Gasteiger partial charge < -0.3 is 14.8 Å². The normalized spacial score (nSPS) is 16.9. The van der Waals surface area contributed by atoms with Crippen LogP contribution in [0.3, 0.4) is 0 Å². The Bertz CT molecular complexity index is 500. The van der Waals surface area contributed by atoms with Crippen LogP contribution in [0.25, 0.3) is 0 Å². The van der Waals surface area contributed by atoms with Gasteiger partial charge in [0.05, 0.1) is 19.9 Å². The summed E-state index contributed by atoms with van der Waals surface area (Å²) in [5.41, 5.74) is 4.06. The lowest BCUT2D eigenvalue weighted by Gasteiger charge is -2.14. The molecular weight excluding hydrogens is 246 g/mol. The van der Waals surface area contributed by atoms with Gasteiger partial charge in [-0.15, -0.1) is 0 Å². The molecular formula is C13H17N3O3. The molecule has 0 spiro atoms. The summed E-state index contributed by atoms with van der Waals surface area (Å²) in [6.07, 6.45) is 1.59. The Balaban J connectivity index is 2.14. The predicted molar refractivity (Wildman–Crippen MR) is 72.8 cm³/mol. The topological polar surface area (TPSA) is 72.0 Å². The number of rotatable bonds is 4. The molecule has 102 valence electrons. The summed E-state index contributed by atoms with van der Waals surface area (Å²) >= 11 is 0. The Morgan fingerprint density at radius 2 is 2.16 bits per heavy atom. The lowest BCUT2D eigenvalue weighted by atomic mass is 10.1. The van der Waals surface area contributed by atoms with Gasteiger partial charge in [-0.3, -0.25) is 10.2 Å². The quantitative estimate of drug-likeness (QED) is 0.805. The van der Waals surface area contributed by atoms with Crippen molar-refractivity contribution in [2.45, 2.75) is 12.8 Å². The van der Waals surface area contributed by atoms with Crippen molar-refractivity contribution in [3.63, 3.8) is 0 Å². The van der Waals surface area contributed by atoms with Gasteiger partial charge in [-0.1, -0.05) is 0 Å². The second kappa shape index (κ2) is 6.08. The number of carbonyl (C=O) groups is 1. The average molecular weight is 263 g/mol. The number of amides is 1. The molecule has 6 heteroatoms. The summed E-state index contributed by atoms with van der Waals surface area (Å²) in [7, 11) is 3.16. The molecule has 6 nitrogen and oxygen atoms in total. The SMILES string of the molecule is COc1ccc(NN=C2CCCNC2=O)c(OC)c1. The van der Waals surface area contributed by atoms with E-state index in [-0.39, 0.29) is 5.91 Å². The molecule has 0 radical (unpaired) electrons. The number of methoxy groups -OCH3 is 2. The van der Waals surface area contributed by atoms with E-state index in [2.05, 4.69) is 15.8 Å². The summed E-state index contributed by atoms with van der Waals surface area (Å²) in [6, 6.07) is 5.35. The van der Waals surface area contributed by atoms with Crippen molar-refractivity contribution in [3.05, 3.63) is 18.2 Å². The zero-order valence-electron chi connectivity index (χ0n) is 11.0. The molecule has 1 fully saturated rings. The third-order valence-electron chi connectivity index (χ3n) is 2.86. The molecule has 0 atom stereocenters. The lowest BCUT2D eigenvalue weighted by Crippen LogP contribution is -2.37. The van der Waals surface area contributed by atoms with Crippen molar-refractivity contribution >= 4 is 17.3 Å². The van der Waals surface area contributed by atoms with Gasteiger partial charge in [0.15, 0.2) is 0 Å². The summed E-state index contributed by atoms with van der Waals surface area (Å²) in [5.74, 6) is 1.19. The van der Waals surface area contributed by atoms with E-state index in [1.54, 1.807) is 32.4 Å². The zero-order chi connectivity index (χ0) is 13.7. The minimum atomic E-state index is -0.119. The molecule has 0 aliphatic carbocycles. The van der Waals surface area contributed by atoms with E-state index in [1.165, 1.54) is 0 Å². The highest BCUT2D eigenvalue weighted by molar-refractivity contribution is 6.39. The number of carbonyl (C=O) groups excluding carboxylic acids is 1. The van der Waals surface area contributed by atoms with Crippen molar-refractivity contribution in [2.75, 3.05) is 26.2 Å². The van der Waals surface area contributed by atoms with Crippen molar-refractivity contribution in [2.24, 2.45) is 5.10 Å². The molecule has 1 aromatic carbocycles. The van der Waals surface area contributed by atoms with Gasteiger partial charge >= 0.3 is 0 Å². The summed E-state index contributed by atoms with van der Waals surface area (Å²) in [6.45, 7) is 0.712. The van der Waals surface area contributed by atoms with Crippen LogP contribution >= 0.6 is 0 Å². The first-order valence-corrected chi connectivity index (χ1v) is 6.07. The number of ether oxygens (including phenoxy) is 2. The maximum absolute atomic E-state index is 11.5. The smallest absolute Gasteiger partial charge is 0.267 e. The zero-order valence-corrected chi connectivity index (χ0v) is 11.0. The van der Waals surface area contributed by atoms with Crippen molar-refractivity contribution in [1.82, 2.24) is 5.32 Å². The Labute approximate surface area is 111 Å². The van der Waals surface area contributed by atoms with Gasteiger partial charge in [0, 0.05) is 12.6 Å². The highest BCUT2D eigenvalue weighted by Gasteiger charge is 2.16. The molecule has 19 heavy (non-hydrogen) atoms. The standard InChI is InChI=1S/C13H17N3O3/c1-18-9-5-6-10(12(8-9)19-2)15-16-11-4-3-7-14-13(11)17/h5-6,8,15H,3-4,7H2,1-2H3,(H,14,17). The molecule has 1 aliphatic heterocycles. The van der Waals surface area contributed by atoms with E-state index in [4.69, 9.17) is 9.47 Å². The Morgan fingerprint density at radius 3 is 2.84 bits per heavy atom. The van der Waals surface area contributed by atoms with Crippen LogP contribution < -0.4 is 20.2 Å². The fourth-order valence-corrected chi connectivity index (χ4v) is 1.80. The van der Waals surface area contributed by atoms with E-state index in [0.717, 1.165) is 6.42 Å². The number of hydrogen-bond donors (Lipinski definition) is 2. The third-order valence-corrected chi connectivity index (χ3v) is 2.86. The summed E-state index contributed by atoms with van der Waals surface area (Å²) < 4.78 is 10.4. The van der Waals surface area contributed by atoms with Gasteiger partial charge in [0.2, 0.25) is 0 Å². The minimum absolute atomic E-state index is 0.119. The molecule has 1 aliphatic rings. The monoisotopic (exact) mass is 263 g/mol. The fraction of sp³-hybridized carbons (Fsp3) is 0.385.